The Bertz CT molecular complexity index is 675. The maximum absolute atomic E-state index is 11.5. The minimum atomic E-state index is -0.169. The van der Waals surface area contributed by atoms with Gasteiger partial charge >= 0.3 is 0 Å². The van der Waals surface area contributed by atoms with E-state index in [1.165, 1.54) is 17.8 Å². The van der Waals surface area contributed by atoms with Gasteiger partial charge in [0.25, 0.3) is 5.56 Å². The molecule has 0 fully saturated rings. The van der Waals surface area contributed by atoms with Crippen LogP contribution < -0.4 is 5.56 Å². The summed E-state index contributed by atoms with van der Waals surface area (Å²) in [6, 6.07) is 8.65. The number of nitriles is 1. The van der Waals surface area contributed by atoms with Gasteiger partial charge in [-0.05, 0) is 30.3 Å². The number of nitrogens with zero attached hydrogens (tertiary/aromatic N) is 3. The van der Waals surface area contributed by atoms with Crippen molar-refractivity contribution in [3.05, 3.63) is 46.0 Å². The normalized spacial score (nSPS) is 10.1. The van der Waals surface area contributed by atoms with E-state index < -0.39 is 0 Å². The van der Waals surface area contributed by atoms with Crippen molar-refractivity contribution >= 4 is 11.8 Å². The van der Waals surface area contributed by atoms with Crippen LogP contribution in [0.1, 0.15) is 24.7 Å². The molecule has 2 aromatic rings. The van der Waals surface area contributed by atoms with Gasteiger partial charge in [-0.15, -0.1) is 0 Å². The number of H-pyrrole nitrogens is 1. The van der Waals surface area contributed by atoms with E-state index in [4.69, 9.17) is 5.26 Å². The number of rotatable bonds is 4. The first-order chi connectivity index (χ1) is 9.21. The van der Waals surface area contributed by atoms with E-state index in [2.05, 4.69) is 15.0 Å². The summed E-state index contributed by atoms with van der Waals surface area (Å²) >= 11 is 1.24. The lowest BCUT2D eigenvalue weighted by atomic mass is 10.2. The van der Waals surface area contributed by atoms with Crippen LogP contribution >= 0.6 is 11.8 Å². The van der Waals surface area contributed by atoms with Crippen molar-refractivity contribution in [3.8, 4) is 6.07 Å². The van der Waals surface area contributed by atoms with Crippen LogP contribution in [0.2, 0.25) is 0 Å². The number of aromatic nitrogens is 3. The van der Waals surface area contributed by atoms with E-state index in [0.29, 0.717) is 15.9 Å². The predicted octanol–water partition coefficient (Wildman–Crippen LogP) is 2.14. The second-order valence-corrected chi connectivity index (χ2v) is 4.88. The Balaban J connectivity index is 2.27. The van der Waals surface area contributed by atoms with Crippen molar-refractivity contribution in [1.29, 1.82) is 5.26 Å². The maximum atomic E-state index is 11.5. The Morgan fingerprint density at radius 1 is 1.42 bits per heavy atom. The fraction of sp³-hybridized carbons (Fsp3) is 0.231. The molecule has 2 aromatic heterocycles. The lowest BCUT2D eigenvalue weighted by Crippen LogP contribution is -2.09. The molecule has 1 N–H and O–H groups in total. The minimum absolute atomic E-state index is 0.169. The number of aromatic amines is 1. The molecule has 0 unspecified atom stereocenters. The molecule has 0 atom stereocenters. The van der Waals surface area contributed by atoms with Crippen LogP contribution in [0.5, 0.6) is 0 Å². The molecule has 5 nitrogen and oxygen atoms in total. The van der Waals surface area contributed by atoms with Gasteiger partial charge in [-0.3, -0.25) is 4.79 Å². The highest BCUT2D eigenvalue weighted by Gasteiger charge is 2.05. The van der Waals surface area contributed by atoms with Crippen LogP contribution in [0.15, 0.2) is 39.2 Å². The number of hydrogen-bond acceptors (Lipinski definition) is 5. The smallest absolute Gasteiger partial charge is 0.251 e. The SMILES string of the molecule is CCCc1cc(=O)[nH]c(Sc2cccc(C#N)n2)n1. The largest absolute Gasteiger partial charge is 0.301 e. The molecule has 0 aliphatic rings. The topological polar surface area (TPSA) is 82.4 Å². The third kappa shape index (κ3) is 3.66. The summed E-state index contributed by atoms with van der Waals surface area (Å²) in [7, 11) is 0. The van der Waals surface area contributed by atoms with Crippen LogP contribution in [0, 0.1) is 11.3 Å². The standard InChI is InChI=1S/C13H12N4OS/c1-2-4-9-7-11(18)17-13(16-9)19-12-6-3-5-10(8-14)15-12/h3,5-7H,2,4H2,1H3,(H,16,17,18). The molecule has 0 spiro atoms. The molecule has 0 bridgehead atoms. The van der Waals surface area contributed by atoms with Crippen molar-refractivity contribution < 1.29 is 0 Å². The molecule has 0 aliphatic carbocycles. The quantitative estimate of drug-likeness (QED) is 0.862. The molecule has 96 valence electrons. The molecular weight excluding hydrogens is 260 g/mol. The Labute approximate surface area is 114 Å². The van der Waals surface area contributed by atoms with Crippen LogP contribution in [0.4, 0.5) is 0 Å². The molecule has 0 aliphatic heterocycles. The van der Waals surface area contributed by atoms with Gasteiger partial charge in [-0.25, -0.2) is 9.97 Å². The monoisotopic (exact) mass is 272 g/mol. The Morgan fingerprint density at radius 3 is 3.00 bits per heavy atom. The summed E-state index contributed by atoms with van der Waals surface area (Å²) in [5.41, 5.74) is 0.944. The van der Waals surface area contributed by atoms with E-state index >= 15 is 0 Å². The molecule has 19 heavy (non-hydrogen) atoms. The average molecular weight is 272 g/mol. The summed E-state index contributed by atoms with van der Waals surface area (Å²) in [6.45, 7) is 2.04. The number of aryl methyl sites for hydroxylation is 1. The van der Waals surface area contributed by atoms with Crippen molar-refractivity contribution in [2.75, 3.05) is 0 Å². The van der Waals surface area contributed by atoms with Gasteiger partial charge in [0.05, 0.1) is 0 Å². The van der Waals surface area contributed by atoms with Gasteiger partial charge in [0.15, 0.2) is 5.16 Å². The van der Waals surface area contributed by atoms with Crippen molar-refractivity contribution in [2.24, 2.45) is 0 Å². The zero-order chi connectivity index (χ0) is 13.7. The summed E-state index contributed by atoms with van der Waals surface area (Å²) in [5, 5.41) is 9.92. The third-order valence-corrected chi connectivity index (χ3v) is 3.14. The highest BCUT2D eigenvalue weighted by Crippen LogP contribution is 2.21. The van der Waals surface area contributed by atoms with Crippen molar-refractivity contribution in [3.63, 3.8) is 0 Å². The summed E-state index contributed by atoms with van der Waals surface area (Å²) in [4.78, 5) is 22.7. The van der Waals surface area contributed by atoms with E-state index in [9.17, 15) is 4.79 Å². The van der Waals surface area contributed by atoms with Gasteiger partial charge < -0.3 is 4.98 Å². The third-order valence-electron chi connectivity index (χ3n) is 2.32. The zero-order valence-electron chi connectivity index (χ0n) is 10.4. The van der Waals surface area contributed by atoms with Gasteiger partial charge in [0, 0.05) is 11.8 Å². The summed E-state index contributed by atoms with van der Waals surface area (Å²) in [6.07, 6.45) is 1.70. The van der Waals surface area contributed by atoms with Gasteiger partial charge in [-0.2, -0.15) is 5.26 Å². The lowest BCUT2D eigenvalue weighted by Gasteiger charge is -2.02. The Hall–Kier alpha value is -2.13. The van der Waals surface area contributed by atoms with Crippen LogP contribution in [0.25, 0.3) is 0 Å². The Morgan fingerprint density at radius 2 is 2.26 bits per heavy atom. The first kappa shape index (κ1) is 13.3. The number of pyridine rings is 1. The number of nitrogens with one attached hydrogen (secondary N) is 1. The molecule has 6 heteroatoms. The zero-order valence-corrected chi connectivity index (χ0v) is 11.2. The predicted molar refractivity (Wildman–Crippen MR) is 71.9 cm³/mol. The molecule has 0 radical (unpaired) electrons. The maximum Gasteiger partial charge on any atom is 0.251 e. The highest BCUT2D eigenvalue weighted by molar-refractivity contribution is 7.99. The second kappa shape index (κ2) is 6.16. The molecule has 2 heterocycles. The van der Waals surface area contributed by atoms with E-state index in [1.54, 1.807) is 18.2 Å². The van der Waals surface area contributed by atoms with Crippen molar-refractivity contribution in [1.82, 2.24) is 15.0 Å². The first-order valence-electron chi connectivity index (χ1n) is 5.86. The van der Waals surface area contributed by atoms with Crippen molar-refractivity contribution in [2.45, 2.75) is 29.9 Å². The highest BCUT2D eigenvalue weighted by atomic mass is 32.2. The second-order valence-electron chi connectivity index (χ2n) is 3.87. The fourth-order valence-electron chi connectivity index (χ4n) is 1.55. The van der Waals surface area contributed by atoms with Gasteiger partial charge in [0.1, 0.15) is 16.8 Å². The van der Waals surface area contributed by atoms with Crippen LogP contribution in [0.3, 0.4) is 0 Å². The first-order valence-corrected chi connectivity index (χ1v) is 6.68. The molecule has 0 saturated carbocycles. The summed E-state index contributed by atoms with van der Waals surface area (Å²) in [5.74, 6) is 0. The average Bonchev–Trinajstić information content (AvgIpc) is 2.38. The van der Waals surface area contributed by atoms with Crippen LogP contribution in [-0.2, 0) is 6.42 Å². The molecule has 0 aromatic carbocycles. The lowest BCUT2D eigenvalue weighted by molar-refractivity contribution is 0.815. The van der Waals surface area contributed by atoms with E-state index in [1.807, 2.05) is 13.0 Å². The summed E-state index contributed by atoms with van der Waals surface area (Å²) < 4.78 is 0. The molecular formula is C13H12N4OS. The van der Waals surface area contributed by atoms with Gasteiger partial charge in [-0.1, -0.05) is 19.4 Å². The van der Waals surface area contributed by atoms with E-state index in [0.717, 1.165) is 18.5 Å². The number of hydrogen-bond donors (Lipinski definition) is 1. The van der Waals surface area contributed by atoms with Gasteiger partial charge in [0.2, 0.25) is 0 Å². The fourth-order valence-corrected chi connectivity index (χ4v) is 2.35. The van der Waals surface area contributed by atoms with Crippen LogP contribution in [-0.4, -0.2) is 15.0 Å². The molecule has 0 amide bonds. The molecule has 2 rings (SSSR count). The molecule has 0 saturated heterocycles. The Kier molecular flexibility index (Phi) is 4.31. The van der Waals surface area contributed by atoms with E-state index in [-0.39, 0.29) is 5.56 Å². The minimum Gasteiger partial charge on any atom is -0.301 e.